The van der Waals surface area contributed by atoms with Gasteiger partial charge in [0.2, 0.25) is 10.0 Å². The number of fused-ring (bicyclic) bond motifs is 1. The summed E-state index contributed by atoms with van der Waals surface area (Å²) in [5, 5.41) is 9.85. The Hall–Kier alpha value is -1.18. The molecule has 19 heavy (non-hydrogen) atoms. The van der Waals surface area contributed by atoms with E-state index in [2.05, 4.69) is 4.98 Å². The van der Waals surface area contributed by atoms with Gasteiger partial charge in [-0.15, -0.1) is 0 Å². The summed E-state index contributed by atoms with van der Waals surface area (Å²) in [5.74, 6) is 0.357. The number of sulfonamides is 1. The van der Waals surface area contributed by atoms with Gasteiger partial charge in [-0.25, -0.2) is 13.4 Å². The molecule has 0 spiro atoms. The van der Waals surface area contributed by atoms with Crippen molar-refractivity contribution in [3.63, 3.8) is 0 Å². The lowest BCUT2D eigenvalue weighted by Crippen LogP contribution is -2.31. The number of pyridine rings is 1. The van der Waals surface area contributed by atoms with Crippen molar-refractivity contribution in [2.45, 2.75) is 23.8 Å². The van der Waals surface area contributed by atoms with Gasteiger partial charge < -0.3 is 10.8 Å². The Kier molecular flexibility index (Phi) is 2.99. The Morgan fingerprint density at radius 1 is 1.37 bits per heavy atom. The molecule has 1 aliphatic carbocycles. The molecule has 1 aromatic heterocycles. The Morgan fingerprint density at radius 3 is 2.84 bits per heavy atom. The number of nitrogen functional groups attached to an aromatic ring is 1. The fourth-order valence-electron chi connectivity index (χ4n) is 3.15. The van der Waals surface area contributed by atoms with Crippen LogP contribution >= 0.6 is 0 Å². The summed E-state index contributed by atoms with van der Waals surface area (Å²) >= 11 is 0. The van der Waals surface area contributed by atoms with Crippen LogP contribution in [0.1, 0.15) is 12.8 Å². The Morgan fingerprint density at radius 2 is 2.16 bits per heavy atom. The van der Waals surface area contributed by atoms with E-state index in [1.165, 1.54) is 16.6 Å². The van der Waals surface area contributed by atoms with Crippen LogP contribution in [0.3, 0.4) is 0 Å². The number of anilines is 1. The first-order chi connectivity index (χ1) is 9.00. The summed E-state index contributed by atoms with van der Waals surface area (Å²) in [7, 11) is -3.60. The minimum Gasteiger partial charge on any atom is -0.393 e. The topological polar surface area (TPSA) is 96.5 Å². The second-order valence-electron chi connectivity index (χ2n) is 5.28. The molecule has 6 nitrogen and oxygen atoms in total. The van der Waals surface area contributed by atoms with Crippen molar-refractivity contribution in [2.75, 3.05) is 18.8 Å². The highest BCUT2D eigenvalue weighted by Gasteiger charge is 2.46. The van der Waals surface area contributed by atoms with E-state index >= 15 is 0 Å². The molecule has 3 N–H and O–H groups in total. The van der Waals surface area contributed by atoms with Crippen molar-refractivity contribution >= 4 is 15.8 Å². The highest BCUT2D eigenvalue weighted by molar-refractivity contribution is 7.89. The van der Waals surface area contributed by atoms with Gasteiger partial charge >= 0.3 is 0 Å². The van der Waals surface area contributed by atoms with Crippen molar-refractivity contribution in [1.82, 2.24) is 9.29 Å². The number of nitrogens with two attached hydrogens (primary N) is 1. The lowest BCUT2D eigenvalue weighted by atomic mass is 10.00. The lowest BCUT2D eigenvalue weighted by Gasteiger charge is -2.18. The molecule has 1 saturated heterocycles. The molecule has 3 atom stereocenters. The van der Waals surface area contributed by atoms with Crippen LogP contribution in [-0.2, 0) is 10.0 Å². The van der Waals surface area contributed by atoms with E-state index in [0.717, 1.165) is 12.8 Å². The van der Waals surface area contributed by atoms with Gasteiger partial charge in [-0.3, -0.25) is 0 Å². The van der Waals surface area contributed by atoms with E-state index in [1.807, 2.05) is 0 Å². The predicted molar refractivity (Wildman–Crippen MR) is 69.6 cm³/mol. The normalized spacial score (nSPS) is 31.5. The molecular formula is C12H17N3O3S. The van der Waals surface area contributed by atoms with E-state index in [-0.39, 0.29) is 28.7 Å². The van der Waals surface area contributed by atoms with Crippen molar-refractivity contribution in [3.8, 4) is 0 Å². The third-order valence-corrected chi connectivity index (χ3v) is 6.08. The Balaban J connectivity index is 1.89. The van der Waals surface area contributed by atoms with Gasteiger partial charge in [-0.05, 0) is 30.9 Å². The van der Waals surface area contributed by atoms with Crippen LogP contribution in [-0.4, -0.2) is 42.0 Å². The summed E-state index contributed by atoms with van der Waals surface area (Å²) in [5.41, 5.74) is 5.65. The van der Waals surface area contributed by atoms with Crippen molar-refractivity contribution in [2.24, 2.45) is 11.8 Å². The number of nitrogens with zero attached hydrogens (tertiary/aromatic N) is 2. The van der Waals surface area contributed by atoms with Gasteiger partial charge in [0, 0.05) is 25.2 Å². The second-order valence-corrected chi connectivity index (χ2v) is 7.18. The third kappa shape index (κ3) is 2.01. The molecule has 7 heteroatoms. The molecule has 1 aromatic rings. The lowest BCUT2D eigenvalue weighted by molar-refractivity contribution is 0.129. The van der Waals surface area contributed by atoms with Gasteiger partial charge in [-0.1, -0.05) is 0 Å². The van der Waals surface area contributed by atoms with E-state index in [1.54, 1.807) is 6.07 Å². The first-order valence-corrected chi connectivity index (χ1v) is 7.83. The maximum atomic E-state index is 12.5. The fourth-order valence-corrected chi connectivity index (χ4v) is 4.75. The zero-order chi connectivity index (χ0) is 13.6. The molecular weight excluding hydrogens is 266 g/mol. The first kappa shape index (κ1) is 12.8. The molecule has 3 unspecified atom stereocenters. The van der Waals surface area contributed by atoms with Crippen molar-refractivity contribution < 1.29 is 13.5 Å². The summed E-state index contributed by atoms with van der Waals surface area (Å²) in [6, 6.07) is 3.04. The summed E-state index contributed by atoms with van der Waals surface area (Å²) < 4.78 is 26.5. The maximum Gasteiger partial charge on any atom is 0.246 e. The molecule has 2 heterocycles. The molecule has 104 valence electrons. The van der Waals surface area contributed by atoms with Gasteiger partial charge in [0.05, 0.1) is 6.10 Å². The molecule has 2 aliphatic rings. The number of rotatable bonds is 2. The Bertz CT molecular complexity index is 590. The van der Waals surface area contributed by atoms with Crippen LogP contribution in [0, 0.1) is 11.8 Å². The third-order valence-electron chi connectivity index (χ3n) is 4.20. The second kappa shape index (κ2) is 4.43. The molecule has 0 aromatic carbocycles. The molecule has 0 amide bonds. The molecule has 0 bridgehead atoms. The molecule has 1 aliphatic heterocycles. The van der Waals surface area contributed by atoms with Crippen LogP contribution < -0.4 is 5.73 Å². The highest BCUT2D eigenvalue weighted by atomic mass is 32.2. The van der Waals surface area contributed by atoms with Crippen molar-refractivity contribution in [3.05, 3.63) is 18.3 Å². The van der Waals surface area contributed by atoms with Gasteiger partial charge in [-0.2, -0.15) is 4.31 Å². The molecule has 3 rings (SSSR count). The predicted octanol–water partition coefficient (Wildman–Crippen LogP) is 0.0552. The van der Waals surface area contributed by atoms with Gasteiger partial charge in [0.25, 0.3) is 0 Å². The zero-order valence-corrected chi connectivity index (χ0v) is 11.3. The Labute approximate surface area is 112 Å². The van der Waals surface area contributed by atoms with Crippen molar-refractivity contribution in [1.29, 1.82) is 0 Å². The van der Waals surface area contributed by atoms with Crippen LogP contribution in [0.25, 0.3) is 0 Å². The van der Waals surface area contributed by atoms with E-state index in [9.17, 15) is 13.5 Å². The largest absolute Gasteiger partial charge is 0.393 e. The smallest absolute Gasteiger partial charge is 0.246 e. The number of aliphatic hydroxyl groups is 1. The number of aliphatic hydroxyl groups excluding tert-OH is 1. The minimum absolute atomic E-state index is 0.0279. The van der Waals surface area contributed by atoms with Crippen LogP contribution in [0.5, 0.6) is 0 Å². The van der Waals surface area contributed by atoms with Gasteiger partial charge in [0.15, 0.2) is 0 Å². The average Bonchev–Trinajstić information content (AvgIpc) is 2.93. The standard InChI is InChI=1S/C12H17N3O3S/c13-12-11(2-1-5-14-12)19(17,18)15-6-8-3-4-10(16)9(8)7-15/h1-2,5,8-10,16H,3-4,6-7H2,(H2,13,14). The SMILES string of the molecule is Nc1ncccc1S(=O)(=O)N1CC2CCC(O)C2C1. The summed E-state index contributed by atoms with van der Waals surface area (Å²) in [6.45, 7) is 0.848. The fraction of sp³-hybridized carbons (Fsp3) is 0.583. The molecule has 2 fully saturated rings. The van der Waals surface area contributed by atoms with E-state index < -0.39 is 10.0 Å². The van der Waals surface area contributed by atoms with Crippen LogP contribution in [0.2, 0.25) is 0 Å². The monoisotopic (exact) mass is 283 g/mol. The highest BCUT2D eigenvalue weighted by Crippen LogP contribution is 2.40. The minimum atomic E-state index is -3.60. The number of aromatic nitrogens is 1. The van der Waals surface area contributed by atoms with E-state index in [0.29, 0.717) is 13.1 Å². The average molecular weight is 283 g/mol. The quantitative estimate of drug-likeness (QED) is 0.799. The number of hydrogen-bond donors (Lipinski definition) is 2. The van der Waals surface area contributed by atoms with Crippen LogP contribution in [0.15, 0.2) is 23.2 Å². The van der Waals surface area contributed by atoms with Gasteiger partial charge in [0.1, 0.15) is 10.7 Å². The number of hydrogen-bond acceptors (Lipinski definition) is 5. The molecule has 0 radical (unpaired) electrons. The van der Waals surface area contributed by atoms with E-state index in [4.69, 9.17) is 5.73 Å². The molecule has 1 saturated carbocycles. The first-order valence-electron chi connectivity index (χ1n) is 6.39. The van der Waals surface area contributed by atoms with Crippen LogP contribution in [0.4, 0.5) is 5.82 Å². The maximum absolute atomic E-state index is 12.5. The summed E-state index contributed by atoms with van der Waals surface area (Å²) in [6.07, 6.45) is 2.76. The summed E-state index contributed by atoms with van der Waals surface area (Å²) in [4.78, 5) is 3.89. The zero-order valence-electron chi connectivity index (χ0n) is 10.4.